The first kappa shape index (κ1) is 32.1. The summed E-state index contributed by atoms with van der Waals surface area (Å²) in [5, 5.41) is 0. The SMILES string of the molecule is Cc1ccc(N(CCOS(C)(=O)=O)CCOS(C)(=O)=O)cc1C(CC[B]C=O)CC(=O)OC(C)(C)C. The van der Waals surface area contributed by atoms with E-state index in [9.17, 15) is 26.4 Å². The van der Waals surface area contributed by atoms with Crippen LogP contribution in [0.2, 0.25) is 6.32 Å². The summed E-state index contributed by atoms with van der Waals surface area (Å²) >= 11 is 0. The lowest BCUT2D eigenvalue weighted by Gasteiger charge is -2.27. The van der Waals surface area contributed by atoms with Crippen LogP contribution < -0.4 is 4.90 Å². The summed E-state index contributed by atoms with van der Waals surface area (Å²) in [6.45, 7) is 7.31. The maximum atomic E-state index is 12.6. The molecule has 203 valence electrons. The molecule has 1 rings (SSSR count). The second-order valence-electron chi connectivity index (χ2n) is 9.52. The minimum Gasteiger partial charge on any atom is -0.460 e. The van der Waals surface area contributed by atoms with Gasteiger partial charge in [0.2, 0.25) is 0 Å². The molecule has 0 heterocycles. The van der Waals surface area contributed by atoms with Crippen LogP contribution in [0.4, 0.5) is 5.69 Å². The molecule has 36 heavy (non-hydrogen) atoms. The second-order valence-corrected chi connectivity index (χ2v) is 12.8. The summed E-state index contributed by atoms with van der Waals surface area (Å²) in [6.07, 6.45) is 3.75. The van der Waals surface area contributed by atoms with E-state index in [0.717, 1.165) is 29.8 Å². The fourth-order valence-electron chi connectivity index (χ4n) is 3.55. The average Bonchev–Trinajstić information content (AvgIpc) is 2.69. The predicted molar refractivity (Wildman–Crippen MR) is 140 cm³/mol. The molecule has 1 radical (unpaired) electrons. The van der Waals surface area contributed by atoms with Crippen LogP contribution in [0.15, 0.2) is 18.2 Å². The lowest BCUT2D eigenvalue weighted by atomic mass is 9.72. The van der Waals surface area contributed by atoms with Gasteiger partial charge in [0.25, 0.3) is 20.2 Å². The molecule has 0 fully saturated rings. The highest BCUT2D eigenvalue weighted by atomic mass is 32.2. The third kappa shape index (κ3) is 14.0. The summed E-state index contributed by atoms with van der Waals surface area (Å²) in [5.41, 5.74) is 1.84. The van der Waals surface area contributed by atoms with Crippen LogP contribution in [0.3, 0.4) is 0 Å². The molecule has 1 aromatic rings. The van der Waals surface area contributed by atoms with Gasteiger partial charge < -0.3 is 14.4 Å². The van der Waals surface area contributed by atoms with Crippen molar-refractivity contribution in [1.29, 1.82) is 0 Å². The summed E-state index contributed by atoms with van der Waals surface area (Å²) in [6, 6.07) is 5.58. The molecule has 1 atom stereocenters. The number of aryl methyl sites for hydroxylation is 1. The topological polar surface area (TPSA) is 133 Å². The average molecular weight is 546 g/mol. The van der Waals surface area contributed by atoms with Gasteiger partial charge in [-0.3, -0.25) is 13.2 Å². The fourth-order valence-corrected chi connectivity index (χ4v) is 4.30. The molecule has 0 N–H and O–H groups in total. The summed E-state index contributed by atoms with van der Waals surface area (Å²) in [7, 11) is -5.81. The Balaban J connectivity index is 3.25. The second kappa shape index (κ2) is 14.1. The first-order chi connectivity index (χ1) is 16.5. The number of carbonyl (C=O) groups is 2. The van der Waals surface area contributed by atoms with E-state index in [1.165, 1.54) is 7.28 Å². The predicted octanol–water partition coefficient (Wildman–Crippen LogP) is 2.27. The first-order valence-corrected chi connectivity index (χ1v) is 15.2. The van der Waals surface area contributed by atoms with Crippen LogP contribution in [-0.4, -0.2) is 80.7 Å². The van der Waals surface area contributed by atoms with Crippen LogP contribution in [0.25, 0.3) is 0 Å². The molecule has 0 aliphatic carbocycles. The fraction of sp³-hybridized carbons (Fsp3) is 0.652. The van der Waals surface area contributed by atoms with E-state index in [1.54, 1.807) is 25.7 Å². The molecule has 0 aromatic heterocycles. The quantitative estimate of drug-likeness (QED) is 0.1000. The molecule has 0 aliphatic rings. The van der Waals surface area contributed by atoms with Crippen molar-refractivity contribution in [2.45, 2.75) is 58.4 Å². The van der Waals surface area contributed by atoms with Gasteiger partial charge in [0.15, 0.2) is 7.28 Å². The molecular formula is C23H37BNO9S2. The van der Waals surface area contributed by atoms with Crippen LogP contribution in [0.5, 0.6) is 0 Å². The zero-order chi connectivity index (χ0) is 27.6. The van der Waals surface area contributed by atoms with Crippen molar-refractivity contribution < 1.29 is 39.5 Å². The third-order valence-electron chi connectivity index (χ3n) is 5.00. The number of ether oxygens (including phenoxy) is 1. The Hall–Kier alpha value is -1.96. The van der Waals surface area contributed by atoms with Gasteiger partial charge in [-0.1, -0.05) is 18.8 Å². The zero-order valence-corrected chi connectivity index (χ0v) is 23.5. The van der Waals surface area contributed by atoms with Gasteiger partial charge in [0, 0.05) is 18.8 Å². The minimum atomic E-state index is -3.65. The molecule has 1 aromatic carbocycles. The Morgan fingerprint density at radius 3 is 2.08 bits per heavy atom. The van der Waals surface area contributed by atoms with Gasteiger partial charge in [0.1, 0.15) is 5.60 Å². The van der Waals surface area contributed by atoms with Crippen LogP contribution >= 0.6 is 0 Å². The Bertz CT molecular complexity index is 1050. The molecule has 1 unspecified atom stereocenters. The van der Waals surface area contributed by atoms with Crippen molar-refractivity contribution in [3.63, 3.8) is 0 Å². The number of anilines is 1. The normalized spacial score (nSPS) is 13.2. The number of hydrogen-bond donors (Lipinski definition) is 0. The van der Waals surface area contributed by atoms with E-state index in [0.29, 0.717) is 18.4 Å². The van der Waals surface area contributed by atoms with Gasteiger partial charge in [-0.2, -0.15) is 16.8 Å². The number of nitrogens with zero attached hydrogens (tertiary/aromatic N) is 1. The summed E-state index contributed by atoms with van der Waals surface area (Å²) < 4.78 is 60.8. The highest BCUT2D eigenvalue weighted by Gasteiger charge is 2.23. The van der Waals surface area contributed by atoms with Gasteiger partial charge in [-0.25, -0.2) is 0 Å². The highest BCUT2D eigenvalue weighted by Crippen LogP contribution is 2.32. The molecule has 13 heteroatoms. The molecule has 0 saturated carbocycles. The van der Waals surface area contributed by atoms with Crippen LogP contribution in [0, 0.1) is 6.92 Å². The Kier molecular flexibility index (Phi) is 12.6. The number of hydrogen-bond acceptors (Lipinski definition) is 10. The van der Waals surface area contributed by atoms with E-state index in [1.807, 2.05) is 25.1 Å². The van der Waals surface area contributed by atoms with Crippen molar-refractivity contribution in [3.8, 4) is 0 Å². The molecular weight excluding hydrogens is 509 g/mol. The number of rotatable bonds is 16. The van der Waals surface area contributed by atoms with Crippen LogP contribution in [-0.2, 0) is 42.9 Å². The number of carbonyl (C=O) groups excluding carboxylic acids is 2. The van der Waals surface area contributed by atoms with E-state index in [4.69, 9.17) is 13.1 Å². The van der Waals surface area contributed by atoms with Gasteiger partial charge >= 0.3 is 5.97 Å². The van der Waals surface area contributed by atoms with Gasteiger partial charge in [-0.15, -0.1) is 0 Å². The molecule has 0 bridgehead atoms. The van der Waals surface area contributed by atoms with Crippen molar-refractivity contribution in [3.05, 3.63) is 29.3 Å². The molecule has 0 amide bonds. The van der Waals surface area contributed by atoms with Crippen molar-refractivity contribution in [1.82, 2.24) is 0 Å². The van der Waals surface area contributed by atoms with Gasteiger partial charge in [0.05, 0.1) is 38.3 Å². The Morgan fingerprint density at radius 2 is 1.61 bits per heavy atom. The zero-order valence-electron chi connectivity index (χ0n) is 21.9. The number of esters is 1. The van der Waals surface area contributed by atoms with E-state index >= 15 is 0 Å². The molecule has 0 spiro atoms. The number of benzene rings is 1. The Labute approximate surface area is 216 Å². The van der Waals surface area contributed by atoms with Crippen LogP contribution in [0.1, 0.15) is 50.7 Å². The first-order valence-electron chi connectivity index (χ1n) is 11.5. The summed E-state index contributed by atoms with van der Waals surface area (Å²) in [4.78, 5) is 25.2. The maximum Gasteiger partial charge on any atom is 0.306 e. The largest absolute Gasteiger partial charge is 0.460 e. The van der Waals surface area contributed by atoms with E-state index < -0.39 is 25.8 Å². The summed E-state index contributed by atoms with van der Waals surface area (Å²) in [5.74, 6) is -0.597. The minimum absolute atomic E-state index is 0.114. The Morgan fingerprint density at radius 1 is 1.06 bits per heavy atom. The van der Waals surface area contributed by atoms with E-state index in [-0.39, 0.29) is 44.6 Å². The third-order valence-corrected chi connectivity index (χ3v) is 6.19. The molecule has 10 nitrogen and oxygen atoms in total. The lowest BCUT2D eigenvalue weighted by Crippen LogP contribution is -2.32. The van der Waals surface area contributed by atoms with Crippen molar-refractivity contribution >= 4 is 45.4 Å². The highest BCUT2D eigenvalue weighted by molar-refractivity contribution is 7.86. The molecule has 0 aliphatic heterocycles. The molecule has 0 saturated heterocycles. The monoisotopic (exact) mass is 546 g/mol. The van der Waals surface area contributed by atoms with Gasteiger partial charge in [-0.05, 0) is 56.9 Å². The maximum absolute atomic E-state index is 12.6. The van der Waals surface area contributed by atoms with Crippen molar-refractivity contribution in [2.24, 2.45) is 0 Å². The standard InChI is InChI=1S/C23H37BNO9S2/c1-18-7-8-20(25(11-13-32-35(5,28)29)12-14-33-36(6,30)31)16-21(18)19(9-10-24-17-26)15-22(27)34-23(2,3)4/h7-8,16-17,19H,9-15H2,1-6H3. The lowest BCUT2D eigenvalue weighted by molar-refractivity contribution is -0.155. The van der Waals surface area contributed by atoms with Crippen molar-refractivity contribution in [2.75, 3.05) is 43.7 Å². The smallest absolute Gasteiger partial charge is 0.306 e. The van der Waals surface area contributed by atoms with E-state index in [2.05, 4.69) is 0 Å².